The monoisotopic (exact) mass is 332 g/mol. The molecule has 1 aromatic rings. The lowest BCUT2D eigenvalue weighted by atomic mass is 9.96. The van der Waals surface area contributed by atoms with E-state index in [9.17, 15) is 18.0 Å². The smallest absolute Gasteiger partial charge is 0.383 e. The highest BCUT2D eigenvalue weighted by molar-refractivity contribution is 5.76. The Morgan fingerprint density at radius 1 is 1.17 bits per heavy atom. The fourth-order valence-corrected chi connectivity index (χ4v) is 2.06. The fourth-order valence-electron chi connectivity index (χ4n) is 2.06. The van der Waals surface area contributed by atoms with Crippen LogP contribution in [0.25, 0.3) is 0 Å². The number of amides is 1. The van der Waals surface area contributed by atoms with Crippen molar-refractivity contribution in [3.8, 4) is 0 Å². The zero-order chi connectivity index (χ0) is 17.3. The first-order valence-corrected chi connectivity index (χ1v) is 7.48. The minimum absolute atomic E-state index is 0.120. The van der Waals surface area contributed by atoms with Crippen LogP contribution in [0.2, 0.25) is 0 Å². The van der Waals surface area contributed by atoms with Crippen LogP contribution in [0.1, 0.15) is 30.4 Å². The molecule has 2 N–H and O–H groups in total. The van der Waals surface area contributed by atoms with Gasteiger partial charge >= 0.3 is 6.18 Å². The maximum absolute atomic E-state index is 12.5. The molecule has 0 heterocycles. The molecule has 0 aromatic heterocycles. The van der Waals surface area contributed by atoms with Gasteiger partial charge in [0, 0.05) is 33.2 Å². The van der Waals surface area contributed by atoms with Crippen molar-refractivity contribution < 1.29 is 22.7 Å². The maximum Gasteiger partial charge on any atom is 0.416 e. The lowest BCUT2D eigenvalue weighted by molar-refractivity contribution is -0.137. The minimum atomic E-state index is -4.34. The number of rotatable bonds is 9. The van der Waals surface area contributed by atoms with Crippen LogP contribution in [0.3, 0.4) is 0 Å². The number of alkyl halides is 3. The average Bonchev–Trinajstić information content (AvgIpc) is 2.50. The van der Waals surface area contributed by atoms with Crippen LogP contribution in [0, 0.1) is 0 Å². The van der Waals surface area contributed by atoms with Gasteiger partial charge < -0.3 is 15.4 Å². The van der Waals surface area contributed by atoms with Gasteiger partial charge in [-0.3, -0.25) is 4.79 Å². The van der Waals surface area contributed by atoms with E-state index in [4.69, 9.17) is 4.74 Å². The van der Waals surface area contributed by atoms with E-state index < -0.39 is 11.7 Å². The molecule has 0 fully saturated rings. The number of nitrogens with one attached hydrogen (secondary N) is 2. The van der Waals surface area contributed by atoms with Gasteiger partial charge in [0.05, 0.1) is 12.2 Å². The van der Waals surface area contributed by atoms with Crippen molar-refractivity contribution in [2.24, 2.45) is 0 Å². The summed E-state index contributed by atoms with van der Waals surface area (Å²) in [5.74, 6) is -0.260. The van der Waals surface area contributed by atoms with Gasteiger partial charge in [0.25, 0.3) is 0 Å². The van der Waals surface area contributed by atoms with Crippen molar-refractivity contribution in [1.82, 2.24) is 10.6 Å². The number of halogens is 3. The Morgan fingerprint density at radius 3 is 2.39 bits per heavy atom. The third-order valence-electron chi connectivity index (χ3n) is 3.41. The Labute approximate surface area is 134 Å². The van der Waals surface area contributed by atoms with Crippen molar-refractivity contribution in [2.45, 2.75) is 25.4 Å². The van der Waals surface area contributed by atoms with E-state index in [0.29, 0.717) is 31.8 Å². The standard InChI is InChI=1S/C16H23F3N2O2/c1-12(11-15(22)21-8-7-20-9-10-23-2)13-3-5-14(6-4-13)16(17,18)19/h3-6,12,20H,7-11H2,1-2H3,(H,21,22). The number of benzene rings is 1. The van der Waals surface area contributed by atoms with Gasteiger partial charge in [-0.2, -0.15) is 13.2 Å². The molecule has 0 aliphatic rings. The molecule has 130 valence electrons. The lowest BCUT2D eigenvalue weighted by Gasteiger charge is -2.14. The minimum Gasteiger partial charge on any atom is -0.383 e. The number of hydrogen-bond donors (Lipinski definition) is 2. The van der Waals surface area contributed by atoms with Gasteiger partial charge in [0.2, 0.25) is 5.91 Å². The largest absolute Gasteiger partial charge is 0.416 e. The Kier molecular flexibility index (Phi) is 8.05. The van der Waals surface area contributed by atoms with Crippen LogP contribution in [0.4, 0.5) is 13.2 Å². The maximum atomic E-state index is 12.5. The van der Waals surface area contributed by atoms with E-state index in [1.54, 1.807) is 7.11 Å². The quantitative estimate of drug-likeness (QED) is 0.683. The van der Waals surface area contributed by atoms with Crippen molar-refractivity contribution in [1.29, 1.82) is 0 Å². The van der Waals surface area contributed by atoms with E-state index in [0.717, 1.165) is 12.1 Å². The number of hydrogen-bond acceptors (Lipinski definition) is 3. The summed E-state index contributed by atoms with van der Waals surface area (Å²) in [6.07, 6.45) is -4.10. The second-order valence-corrected chi connectivity index (χ2v) is 5.32. The predicted molar refractivity (Wildman–Crippen MR) is 82.2 cm³/mol. The van der Waals surface area contributed by atoms with Crippen molar-refractivity contribution in [3.63, 3.8) is 0 Å². The summed E-state index contributed by atoms with van der Waals surface area (Å²) in [7, 11) is 1.62. The van der Waals surface area contributed by atoms with Crippen LogP contribution in [-0.2, 0) is 15.7 Å². The number of methoxy groups -OCH3 is 1. The van der Waals surface area contributed by atoms with Gasteiger partial charge in [-0.15, -0.1) is 0 Å². The summed E-state index contributed by atoms with van der Waals surface area (Å²) in [5, 5.41) is 5.87. The third kappa shape index (κ3) is 7.47. The van der Waals surface area contributed by atoms with Gasteiger partial charge in [0.1, 0.15) is 0 Å². The average molecular weight is 332 g/mol. The summed E-state index contributed by atoms with van der Waals surface area (Å²) in [4.78, 5) is 11.8. The van der Waals surface area contributed by atoms with E-state index in [-0.39, 0.29) is 18.2 Å². The second-order valence-electron chi connectivity index (χ2n) is 5.32. The van der Waals surface area contributed by atoms with Crippen molar-refractivity contribution in [2.75, 3.05) is 33.4 Å². The summed E-state index contributed by atoms with van der Waals surface area (Å²) in [6.45, 7) is 4.29. The fraction of sp³-hybridized carbons (Fsp3) is 0.562. The van der Waals surface area contributed by atoms with Crippen LogP contribution < -0.4 is 10.6 Å². The van der Waals surface area contributed by atoms with Gasteiger partial charge in [-0.05, 0) is 23.6 Å². The molecule has 0 radical (unpaired) electrons. The van der Waals surface area contributed by atoms with E-state index in [1.807, 2.05) is 6.92 Å². The highest BCUT2D eigenvalue weighted by Crippen LogP contribution is 2.30. The molecule has 1 unspecified atom stereocenters. The Hall–Kier alpha value is -1.60. The molecular formula is C16H23F3N2O2. The molecule has 1 rings (SSSR count). The van der Waals surface area contributed by atoms with Crippen LogP contribution in [0.15, 0.2) is 24.3 Å². The molecule has 0 saturated carbocycles. The van der Waals surface area contributed by atoms with Gasteiger partial charge in [-0.25, -0.2) is 0 Å². The molecule has 4 nitrogen and oxygen atoms in total. The zero-order valence-electron chi connectivity index (χ0n) is 13.4. The lowest BCUT2D eigenvalue weighted by Crippen LogP contribution is -2.33. The molecule has 1 atom stereocenters. The highest BCUT2D eigenvalue weighted by Gasteiger charge is 2.30. The van der Waals surface area contributed by atoms with Gasteiger partial charge in [-0.1, -0.05) is 19.1 Å². The summed E-state index contributed by atoms with van der Waals surface area (Å²) in [6, 6.07) is 4.94. The molecule has 1 aromatic carbocycles. The highest BCUT2D eigenvalue weighted by atomic mass is 19.4. The molecule has 1 amide bonds. The Bertz CT molecular complexity index is 475. The summed E-state index contributed by atoms with van der Waals surface area (Å²) < 4.78 is 42.4. The first-order chi connectivity index (χ1) is 10.8. The number of carbonyl (C=O) groups excluding carboxylic acids is 1. The molecule has 0 aliphatic carbocycles. The van der Waals surface area contributed by atoms with E-state index in [1.165, 1.54) is 12.1 Å². The second kappa shape index (κ2) is 9.52. The number of carbonyl (C=O) groups is 1. The zero-order valence-corrected chi connectivity index (χ0v) is 13.4. The molecular weight excluding hydrogens is 309 g/mol. The molecule has 0 aliphatic heterocycles. The van der Waals surface area contributed by atoms with Crippen LogP contribution in [-0.4, -0.2) is 39.3 Å². The number of ether oxygens (including phenoxy) is 1. The Morgan fingerprint density at radius 2 is 1.83 bits per heavy atom. The van der Waals surface area contributed by atoms with Gasteiger partial charge in [0.15, 0.2) is 0 Å². The first-order valence-electron chi connectivity index (χ1n) is 7.48. The molecule has 0 spiro atoms. The first kappa shape index (κ1) is 19.4. The third-order valence-corrected chi connectivity index (χ3v) is 3.41. The van der Waals surface area contributed by atoms with Crippen molar-refractivity contribution >= 4 is 5.91 Å². The Balaban J connectivity index is 2.34. The SMILES string of the molecule is COCCNCCNC(=O)CC(C)c1ccc(C(F)(F)F)cc1. The van der Waals surface area contributed by atoms with E-state index in [2.05, 4.69) is 10.6 Å². The molecule has 23 heavy (non-hydrogen) atoms. The summed E-state index contributed by atoms with van der Waals surface area (Å²) in [5.41, 5.74) is 0.0337. The van der Waals surface area contributed by atoms with E-state index >= 15 is 0 Å². The molecule has 7 heteroatoms. The van der Waals surface area contributed by atoms with Crippen LogP contribution in [0.5, 0.6) is 0 Å². The summed E-state index contributed by atoms with van der Waals surface area (Å²) >= 11 is 0. The van der Waals surface area contributed by atoms with Crippen LogP contribution >= 0.6 is 0 Å². The molecule has 0 bridgehead atoms. The normalized spacial score (nSPS) is 12.9. The predicted octanol–water partition coefficient (Wildman–Crippen LogP) is 2.55. The van der Waals surface area contributed by atoms with Crippen molar-refractivity contribution in [3.05, 3.63) is 35.4 Å². The topological polar surface area (TPSA) is 50.4 Å². The molecule has 0 saturated heterocycles.